The summed E-state index contributed by atoms with van der Waals surface area (Å²) in [6, 6.07) is 6.34. The number of benzene rings is 1. The Hall–Kier alpha value is -1.15. The summed E-state index contributed by atoms with van der Waals surface area (Å²) in [6.45, 7) is 6.40. The van der Waals surface area contributed by atoms with E-state index in [4.69, 9.17) is 9.47 Å². The summed E-state index contributed by atoms with van der Waals surface area (Å²) in [6.07, 6.45) is 8.01. The van der Waals surface area contributed by atoms with E-state index in [1.54, 1.807) is 0 Å². The SMILES string of the molecule is CCOc1cccc(C)c1[C@H]1CC[C@@H](OC[C@@H]2NCCC[C@@H]2NS(=O)(=O)C2CC2)CC1. The molecule has 2 N–H and O–H groups in total. The lowest BCUT2D eigenvalue weighted by molar-refractivity contribution is 0.00506. The molecule has 2 aliphatic carbocycles. The normalized spacial score (nSPS) is 29.6. The molecule has 0 radical (unpaired) electrons. The van der Waals surface area contributed by atoms with Crippen LogP contribution in [-0.2, 0) is 14.8 Å². The van der Waals surface area contributed by atoms with Crippen molar-refractivity contribution < 1.29 is 17.9 Å². The molecule has 4 rings (SSSR count). The topological polar surface area (TPSA) is 76.7 Å². The van der Waals surface area contributed by atoms with E-state index < -0.39 is 10.0 Å². The molecule has 1 aromatic rings. The molecule has 2 saturated carbocycles. The average molecular weight is 451 g/mol. The van der Waals surface area contributed by atoms with Crippen LogP contribution in [0.5, 0.6) is 5.75 Å². The van der Waals surface area contributed by atoms with Gasteiger partial charge in [-0.15, -0.1) is 0 Å². The molecular weight excluding hydrogens is 412 g/mol. The van der Waals surface area contributed by atoms with Crippen molar-refractivity contribution in [3.63, 3.8) is 0 Å². The van der Waals surface area contributed by atoms with Gasteiger partial charge in [0.15, 0.2) is 0 Å². The molecule has 0 bridgehead atoms. The minimum Gasteiger partial charge on any atom is -0.494 e. The lowest BCUT2D eigenvalue weighted by Gasteiger charge is -2.35. The van der Waals surface area contributed by atoms with Crippen molar-refractivity contribution in [1.82, 2.24) is 10.0 Å². The van der Waals surface area contributed by atoms with Crippen LogP contribution in [0.15, 0.2) is 18.2 Å². The highest BCUT2D eigenvalue weighted by atomic mass is 32.2. The first kappa shape index (κ1) is 23.0. The third-order valence-corrected chi connectivity index (χ3v) is 9.02. The summed E-state index contributed by atoms with van der Waals surface area (Å²) in [5, 5.41) is 3.31. The molecule has 1 saturated heterocycles. The second-order valence-corrected chi connectivity index (χ2v) is 11.4. The average Bonchev–Trinajstić information content (AvgIpc) is 3.60. The summed E-state index contributed by atoms with van der Waals surface area (Å²) in [7, 11) is -3.17. The molecule has 1 aliphatic heterocycles. The highest BCUT2D eigenvalue weighted by Crippen LogP contribution is 2.40. The van der Waals surface area contributed by atoms with E-state index in [-0.39, 0.29) is 23.4 Å². The predicted molar refractivity (Wildman–Crippen MR) is 123 cm³/mol. The second-order valence-electron chi connectivity index (χ2n) is 9.40. The number of hydrogen-bond acceptors (Lipinski definition) is 5. The minimum absolute atomic E-state index is 0.0564. The molecule has 0 unspecified atom stereocenters. The van der Waals surface area contributed by atoms with Gasteiger partial charge in [0.25, 0.3) is 0 Å². The minimum atomic E-state index is -3.17. The lowest BCUT2D eigenvalue weighted by atomic mass is 9.80. The van der Waals surface area contributed by atoms with Gasteiger partial charge in [0.1, 0.15) is 5.75 Å². The van der Waals surface area contributed by atoms with Crippen LogP contribution in [0, 0.1) is 6.92 Å². The molecule has 3 aliphatic rings. The maximum Gasteiger partial charge on any atom is 0.214 e. The molecular formula is C24H38N2O4S. The van der Waals surface area contributed by atoms with Gasteiger partial charge in [-0.25, -0.2) is 13.1 Å². The number of hydrogen-bond donors (Lipinski definition) is 2. The van der Waals surface area contributed by atoms with Crippen LogP contribution in [0.3, 0.4) is 0 Å². The molecule has 174 valence electrons. The van der Waals surface area contributed by atoms with E-state index in [1.807, 2.05) is 6.92 Å². The van der Waals surface area contributed by atoms with Crippen molar-refractivity contribution in [2.75, 3.05) is 19.8 Å². The standard InChI is InChI=1S/C24H38N2O4S/c1-3-29-23-8-4-6-17(2)24(23)18-9-11-19(12-10-18)30-16-22-21(7-5-15-25-22)26-31(27,28)20-13-14-20/h4,6,8,18-22,25-26H,3,5,7,9-16H2,1-2H3/t18-,19+,21-,22-/m0/s1. The van der Waals surface area contributed by atoms with Crippen molar-refractivity contribution in [3.05, 3.63) is 29.3 Å². The van der Waals surface area contributed by atoms with Crippen molar-refractivity contribution in [2.45, 2.75) is 94.6 Å². The molecule has 31 heavy (non-hydrogen) atoms. The Morgan fingerprint density at radius 3 is 2.58 bits per heavy atom. The fourth-order valence-corrected chi connectivity index (χ4v) is 6.82. The van der Waals surface area contributed by atoms with Gasteiger partial charge in [-0.3, -0.25) is 0 Å². The quantitative estimate of drug-likeness (QED) is 0.601. The highest BCUT2D eigenvalue weighted by Gasteiger charge is 2.39. The third kappa shape index (κ3) is 5.81. The molecule has 3 fully saturated rings. The zero-order valence-electron chi connectivity index (χ0n) is 18.9. The number of aryl methyl sites for hydroxylation is 1. The van der Waals surface area contributed by atoms with Crippen LogP contribution in [0.1, 0.15) is 75.3 Å². The summed E-state index contributed by atoms with van der Waals surface area (Å²) < 4.78 is 40.0. The Morgan fingerprint density at radius 2 is 1.87 bits per heavy atom. The van der Waals surface area contributed by atoms with Gasteiger partial charge in [-0.05, 0) is 89.3 Å². The van der Waals surface area contributed by atoms with Crippen molar-refractivity contribution in [2.24, 2.45) is 0 Å². The molecule has 0 aromatic heterocycles. The van der Waals surface area contributed by atoms with E-state index in [0.717, 1.165) is 63.7 Å². The smallest absolute Gasteiger partial charge is 0.214 e. The molecule has 6 nitrogen and oxygen atoms in total. The first-order valence-corrected chi connectivity index (χ1v) is 13.6. The van der Waals surface area contributed by atoms with Gasteiger partial charge >= 0.3 is 0 Å². The Bertz CT molecular complexity index is 832. The maximum atomic E-state index is 12.4. The van der Waals surface area contributed by atoms with Gasteiger partial charge in [-0.1, -0.05) is 12.1 Å². The van der Waals surface area contributed by atoms with E-state index in [2.05, 4.69) is 35.2 Å². The van der Waals surface area contributed by atoms with Gasteiger partial charge in [0, 0.05) is 17.6 Å². The molecule has 2 atom stereocenters. The summed E-state index contributed by atoms with van der Waals surface area (Å²) in [5.74, 6) is 1.55. The van der Waals surface area contributed by atoms with E-state index in [0.29, 0.717) is 19.1 Å². The van der Waals surface area contributed by atoms with Crippen molar-refractivity contribution in [1.29, 1.82) is 0 Å². The van der Waals surface area contributed by atoms with Gasteiger partial charge < -0.3 is 14.8 Å². The number of nitrogens with one attached hydrogen (secondary N) is 2. The molecule has 1 aromatic carbocycles. The zero-order valence-corrected chi connectivity index (χ0v) is 19.8. The Labute approximate surface area is 187 Å². The molecule has 0 amide bonds. The maximum absolute atomic E-state index is 12.4. The largest absolute Gasteiger partial charge is 0.494 e. The Balaban J connectivity index is 1.29. The zero-order chi connectivity index (χ0) is 21.8. The Morgan fingerprint density at radius 1 is 1.10 bits per heavy atom. The monoisotopic (exact) mass is 450 g/mol. The number of ether oxygens (including phenoxy) is 2. The number of sulfonamides is 1. The van der Waals surface area contributed by atoms with E-state index in [1.165, 1.54) is 11.1 Å². The van der Waals surface area contributed by atoms with Crippen LogP contribution >= 0.6 is 0 Å². The number of piperidine rings is 1. The van der Waals surface area contributed by atoms with E-state index >= 15 is 0 Å². The van der Waals surface area contributed by atoms with E-state index in [9.17, 15) is 8.42 Å². The van der Waals surface area contributed by atoms with Crippen LogP contribution in [0.2, 0.25) is 0 Å². The summed E-state index contributed by atoms with van der Waals surface area (Å²) in [4.78, 5) is 0. The molecule has 7 heteroatoms. The van der Waals surface area contributed by atoms with Gasteiger partial charge in [0.05, 0.1) is 24.6 Å². The van der Waals surface area contributed by atoms with Crippen LogP contribution in [0.4, 0.5) is 0 Å². The highest BCUT2D eigenvalue weighted by molar-refractivity contribution is 7.90. The van der Waals surface area contributed by atoms with Gasteiger partial charge in [0.2, 0.25) is 10.0 Å². The molecule has 0 spiro atoms. The van der Waals surface area contributed by atoms with Crippen LogP contribution in [-0.4, -0.2) is 51.6 Å². The first-order valence-electron chi connectivity index (χ1n) is 12.1. The Kier molecular flexibility index (Phi) is 7.57. The van der Waals surface area contributed by atoms with Crippen molar-refractivity contribution >= 4 is 10.0 Å². The fourth-order valence-electron chi connectivity index (χ4n) is 5.17. The summed E-state index contributed by atoms with van der Waals surface area (Å²) >= 11 is 0. The van der Waals surface area contributed by atoms with Crippen molar-refractivity contribution in [3.8, 4) is 5.75 Å². The number of rotatable bonds is 9. The fraction of sp³-hybridized carbons (Fsp3) is 0.750. The van der Waals surface area contributed by atoms with Crippen LogP contribution in [0.25, 0.3) is 0 Å². The predicted octanol–water partition coefficient (Wildman–Crippen LogP) is 3.64. The van der Waals surface area contributed by atoms with Gasteiger partial charge in [-0.2, -0.15) is 0 Å². The third-order valence-electron chi connectivity index (χ3n) is 7.04. The molecule has 1 heterocycles. The van der Waals surface area contributed by atoms with Crippen LogP contribution < -0.4 is 14.8 Å². The second kappa shape index (κ2) is 10.2. The first-order chi connectivity index (χ1) is 15.0. The lowest BCUT2D eigenvalue weighted by Crippen LogP contribution is -2.56. The summed E-state index contributed by atoms with van der Waals surface area (Å²) in [5.41, 5.74) is 2.68.